The van der Waals surface area contributed by atoms with Crippen LogP contribution in [-0.4, -0.2) is 4.98 Å². The predicted octanol–water partition coefficient (Wildman–Crippen LogP) is 3.07. The van der Waals surface area contributed by atoms with E-state index in [0.29, 0.717) is 12.3 Å². The standard InChI is InChI=1S/C10H9BrN2OS/c11-7-3-8(12)5-9(4-7)14-6-10-13-1-2-15-10/h1-5H,6,12H2. The van der Waals surface area contributed by atoms with Crippen LogP contribution in [0.1, 0.15) is 5.01 Å². The highest BCUT2D eigenvalue weighted by Crippen LogP contribution is 2.23. The maximum atomic E-state index is 5.69. The number of ether oxygens (including phenoxy) is 1. The molecule has 0 unspecified atom stereocenters. The summed E-state index contributed by atoms with van der Waals surface area (Å²) >= 11 is 4.93. The average molecular weight is 285 g/mol. The van der Waals surface area contributed by atoms with Crippen molar-refractivity contribution in [3.8, 4) is 5.75 Å². The number of nitrogens with two attached hydrogens (primary N) is 1. The molecular weight excluding hydrogens is 276 g/mol. The third-order valence-electron chi connectivity index (χ3n) is 1.74. The summed E-state index contributed by atoms with van der Waals surface area (Å²) in [7, 11) is 0. The Hall–Kier alpha value is -1.07. The van der Waals surface area contributed by atoms with Crippen molar-refractivity contribution >= 4 is 33.0 Å². The third kappa shape index (κ3) is 2.94. The minimum atomic E-state index is 0.480. The van der Waals surface area contributed by atoms with Gasteiger partial charge in [0.1, 0.15) is 17.4 Å². The van der Waals surface area contributed by atoms with Crippen LogP contribution in [0.25, 0.3) is 0 Å². The summed E-state index contributed by atoms with van der Waals surface area (Å²) in [6.45, 7) is 0.480. The molecule has 0 aliphatic heterocycles. The molecular formula is C10H9BrN2OS. The van der Waals surface area contributed by atoms with Crippen LogP contribution in [-0.2, 0) is 6.61 Å². The fourth-order valence-electron chi connectivity index (χ4n) is 1.14. The number of nitrogen functional groups attached to an aromatic ring is 1. The van der Waals surface area contributed by atoms with Gasteiger partial charge in [0, 0.05) is 27.8 Å². The molecule has 1 heterocycles. The number of nitrogens with zero attached hydrogens (tertiary/aromatic N) is 1. The van der Waals surface area contributed by atoms with Crippen LogP contribution in [0.15, 0.2) is 34.2 Å². The summed E-state index contributed by atoms with van der Waals surface area (Å²) in [6.07, 6.45) is 1.76. The molecule has 2 N–H and O–H groups in total. The molecule has 0 fully saturated rings. The molecule has 0 aliphatic rings. The van der Waals surface area contributed by atoms with Gasteiger partial charge < -0.3 is 10.5 Å². The fraction of sp³-hybridized carbons (Fsp3) is 0.100. The van der Waals surface area contributed by atoms with E-state index in [1.807, 2.05) is 17.5 Å². The molecule has 3 nitrogen and oxygen atoms in total. The molecule has 0 radical (unpaired) electrons. The van der Waals surface area contributed by atoms with Crippen molar-refractivity contribution in [2.24, 2.45) is 0 Å². The van der Waals surface area contributed by atoms with E-state index in [-0.39, 0.29) is 0 Å². The fourth-order valence-corrected chi connectivity index (χ4v) is 2.15. The molecule has 0 amide bonds. The minimum absolute atomic E-state index is 0.480. The summed E-state index contributed by atoms with van der Waals surface area (Å²) in [5.74, 6) is 0.747. The lowest BCUT2D eigenvalue weighted by molar-refractivity contribution is 0.305. The molecule has 1 aromatic heterocycles. The molecule has 0 aliphatic carbocycles. The van der Waals surface area contributed by atoms with Gasteiger partial charge in [-0.1, -0.05) is 15.9 Å². The Labute approximate surface area is 100 Å². The number of aromatic nitrogens is 1. The van der Waals surface area contributed by atoms with Crippen LogP contribution in [0, 0.1) is 0 Å². The van der Waals surface area contributed by atoms with Crippen molar-refractivity contribution in [2.75, 3.05) is 5.73 Å². The number of rotatable bonds is 3. The number of hydrogen-bond acceptors (Lipinski definition) is 4. The van der Waals surface area contributed by atoms with Gasteiger partial charge in [-0.25, -0.2) is 4.98 Å². The number of thiazole rings is 1. The number of halogens is 1. The van der Waals surface area contributed by atoms with Gasteiger partial charge in [-0.3, -0.25) is 0 Å². The Morgan fingerprint density at radius 3 is 2.93 bits per heavy atom. The zero-order valence-electron chi connectivity index (χ0n) is 7.81. The first-order chi connectivity index (χ1) is 7.24. The Morgan fingerprint density at radius 2 is 2.27 bits per heavy atom. The van der Waals surface area contributed by atoms with Crippen LogP contribution in [0.5, 0.6) is 5.75 Å². The summed E-state index contributed by atoms with van der Waals surface area (Å²) in [4.78, 5) is 4.13. The average Bonchev–Trinajstić information content (AvgIpc) is 2.65. The Morgan fingerprint density at radius 1 is 1.40 bits per heavy atom. The normalized spacial score (nSPS) is 10.2. The van der Waals surface area contributed by atoms with Gasteiger partial charge in [0.2, 0.25) is 0 Å². The molecule has 78 valence electrons. The van der Waals surface area contributed by atoms with Gasteiger partial charge in [0.15, 0.2) is 0 Å². The zero-order valence-corrected chi connectivity index (χ0v) is 10.2. The summed E-state index contributed by atoms with van der Waals surface area (Å²) < 4.78 is 6.46. The van der Waals surface area contributed by atoms with Crippen molar-refractivity contribution in [1.29, 1.82) is 0 Å². The van der Waals surface area contributed by atoms with Crippen molar-refractivity contribution in [3.63, 3.8) is 0 Å². The van der Waals surface area contributed by atoms with Crippen LogP contribution in [0.4, 0.5) is 5.69 Å². The zero-order chi connectivity index (χ0) is 10.7. The lowest BCUT2D eigenvalue weighted by Gasteiger charge is -2.05. The van der Waals surface area contributed by atoms with E-state index in [0.717, 1.165) is 15.2 Å². The van der Waals surface area contributed by atoms with E-state index in [1.54, 1.807) is 23.6 Å². The first kappa shape index (κ1) is 10.4. The number of benzene rings is 1. The Bertz CT molecular complexity index is 424. The smallest absolute Gasteiger partial charge is 0.140 e. The topological polar surface area (TPSA) is 48.1 Å². The monoisotopic (exact) mass is 284 g/mol. The van der Waals surface area contributed by atoms with Gasteiger partial charge >= 0.3 is 0 Å². The molecule has 5 heteroatoms. The molecule has 0 saturated carbocycles. The molecule has 0 bridgehead atoms. The second-order valence-electron chi connectivity index (χ2n) is 2.93. The van der Waals surface area contributed by atoms with Gasteiger partial charge in [0.25, 0.3) is 0 Å². The quantitative estimate of drug-likeness (QED) is 0.882. The SMILES string of the molecule is Nc1cc(Br)cc(OCc2nccs2)c1. The number of hydrogen-bond donors (Lipinski definition) is 1. The lowest BCUT2D eigenvalue weighted by Crippen LogP contribution is -1.95. The van der Waals surface area contributed by atoms with Crippen molar-refractivity contribution in [3.05, 3.63) is 39.3 Å². The highest BCUT2D eigenvalue weighted by molar-refractivity contribution is 9.10. The largest absolute Gasteiger partial charge is 0.486 e. The Balaban J connectivity index is 2.05. The molecule has 2 rings (SSSR count). The molecule has 15 heavy (non-hydrogen) atoms. The molecule has 0 atom stereocenters. The second-order valence-corrected chi connectivity index (χ2v) is 4.83. The van der Waals surface area contributed by atoms with E-state index >= 15 is 0 Å². The first-order valence-electron chi connectivity index (χ1n) is 4.31. The third-order valence-corrected chi connectivity index (χ3v) is 2.95. The number of anilines is 1. The maximum Gasteiger partial charge on any atom is 0.140 e. The van der Waals surface area contributed by atoms with Crippen LogP contribution < -0.4 is 10.5 Å². The highest BCUT2D eigenvalue weighted by atomic mass is 79.9. The second kappa shape index (κ2) is 4.63. The maximum absolute atomic E-state index is 5.69. The first-order valence-corrected chi connectivity index (χ1v) is 5.98. The van der Waals surface area contributed by atoms with Gasteiger partial charge in [-0.15, -0.1) is 11.3 Å². The molecule has 1 aromatic carbocycles. The van der Waals surface area contributed by atoms with Crippen LogP contribution in [0.2, 0.25) is 0 Å². The minimum Gasteiger partial charge on any atom is -0.486 e. The Kier molecular flexibility index (Phi) is 3.23. The van der Waals surface area contributed by atoms with E-state index < -0.39 is 0 Å². The van der Waals surface area contributed by atoms with Crippen LogP contribution >= 0.6 is 27.3 Å². The summed E-state index contributed by atoms with van der Waals surface area (Å²) in [6, 6.07) is 5.50. The van der Waals surface area contributed by atoms with E-state index in [9.17, 15) is 0 Å². The molecule has 2 aromatic rings. The van der Waals surface area contributed by atoms with E-state index in [2.05, 4.69) is 20.9 Å². The molecule has 0 saturated heterocycles. The van der Waals surface area contributed by atoms with Gasteiger partial charge in [0.05, 0.1) is 0 Å². The highest BCUT2D eigenvalue weighted by Gasteiger charge is 2.00. The van der Waals surface area contributed by atoms with Crippen LogP contribution in [0.3, 0.4) is 0 Å². The summed E-state index contributed by atoms with van der Waals surface area (Å²) in [5.41, 5.74) is 6.36. The van der Waals surface area contributed by atoms with E-state index in [1.165, 1.54) is 0 Å². The van der Waals surface area contributed by atoms with Gasteiger partial charge in [-0.2, -0.15) is 0 Å². The van der Waals surface area contributed by atoms with Crippen molar-refractivity contribution in [2.45, 2.75) is 6.61 Å². The van der Waals surface area contributed by atoms with Crippen molar-refractivity contribution in [1.82, 2.24) is 4.98 Å². The van der Waals surface area contributed by atoms with E-state index in [4.69, 9.17) is 10.5 Å². The predicted molar refractivity (Wildman–Crippen MR) is 65.0 cm³/mol. The molecule has 0 spiro atoms. The van der Waals surface area contributed by atoms with Gasteiger partial charge in [-0.05, 0) is 12.1 Å². The lowest BCUT2D eigenvalue weighted by atomic mass is 10.3. The van der Waals surface area contributed by atoms with Crippen molar-refractivity contribution < 1.29 is 4.74 Å². The summed E-state index contributed by atoms with van der Waals surface area (Å²) in [5, 5.41) is 2.88.